The molecular weight excluding hydrogens is 288 g/mol. The van der Waals surface area contributed by atoms with Gasteiger partial charge in [0, 0.05) is 6.54 Å². The Morgan fingerprint density at radius 1 is 1.19 bits per heavy atom. The van der Waals surface area contributed by atoms with E-state index >= 15 is 0 Å². The van der Waals surface area contributed by atoms with Crippen LogP contribution in [-0.4, -0.2) is 35.6 Å². The van der Waals surface area contributed by atoms with Crippen molar-refractivity contribution in [2.24, 2.45) is 0 Å². The minimum absolute atomic E-state index is 0.0627. The molecule has 0 aromatic carbocycles. The monoisotopic (exact) mass is 310 g/mol. The van der Waals surface area contributed by atoms with Crippen LogP contribution in [0, 0.1) is 0 Å². The predicted octanol–water partition coefficient (Wildman–Crippen LogP) is 1.68. The smallest absolute Gasteiger partial charge is 0.261 e. The van der Waals surface area contributed by atoms with Gasteiger partial charge in [-0.1, -0.05) is 31.7 Å². The van der Waals surface area contributed by atoms with Crippen LogP contribution in [0.5, 0.6) is 0 Å². The van der Waals surface area contributed by atoms with Crippen LogP contribution in [0.1, 0.15) is 48.2 Å². The van der Waals surface area contributed by atoms with Crippen molar-refractivity contribution < 1.29 is 14.7 Å². The van der Waals surface area contributed by atoms with E-state index in [4.69, 9.17) is 0 Å². The molecule has 2 rings (SSSR count). The molecule has 0 unspecified atom stereocenters. The lowest BCUT2D eigenvalue weighted by atomic mass is 9.94. The third kappa shape index (κ3) is 5.13. The lowest BCUT2D eigenvalue weighted by Gasteiger charge is -2.26. The van der Waals surface area contributed by atoms with Crippen molar-refractivity contribution in [2.45, 2.75) is 44.1 Å². The van der Waals surface area contributed by atoms with Crippen molar-refractivity contribution in [3.8, 4) is 0 Å². The van der Waals surface area contributed by atoms with E-state index in [0.29, 0.717) is 4.88 Å². The van der Waals surface area contributed by atoms with Gasteiger partial charge in [0.05, 0.1) is 17.0 Å². The maximum Gasteiger partial charge on any atom is 0.261 e. The largest absolute Gasteiger partial charge is 0.388 e. The molecule has 0 aliphatic heterocycles. The molecule has 1 aliphatic rings. The molecule has 0 bridgehead atoms. The molecule has 116 valence electrons. The number of carbonyl (C=O) groups is 2. The highest BCUT2D eigenvalue weighted by molar-refractivity contribution is 7.12. The van der Waals surface area contributed by atoms with Gasteiger partial charge in [0.2, 0.25) is 5.91 Å². The van der Waals surface area contributed by atoms with Gasteiger partial charge in [-0.05, 0) is 24.3 Å². The van der Waals surface area contributed by atoms with Gasteiger partial charge in [0.25, 0.3) is 5.91 Å². The molecule has 5 nitrogen and oxygen atoms in total. The molecule has 6 heteroatoms. The van der Waals surface area contributed by atoms with E-state index in [1.165, 1.54) is 11.3 Å². The molecular formula is C15H22N2O3S. The van der Waals surface area contributed by atoms with Crippen LogP contribution in [-0.2, 0) is 4.79 Å². The topological polar surface area (TPSA) is 78.4 Å². The zero-order valence-corrected chi connectivity index (χ0v) is 12.9. The number of hydrogen-bond donors (Lipinski definition) is 3. The number of carbonyl (C=O) groups excluding carboxylic acids is 2. The molecule has 0 radical (unpaired) electrons. The first-order valence-electron chi connectivity index (χ1n) is 7.40. The van der Waals surface area contributed by atoms with Gasteiger partial charge in [0.1, 0.15) is 0 Å². The van der Waals surface area contributed by atoms with Crippen LogP contribution in [0.2, 0.25) is 0 Å². The number of thiophene rings is 1. The van der Waals surface area contributed by atoms with Gasteiger partial charge in [-0.15, -0.1) is 11.3 Å². The fraction of sp³-hybridized carbons (Fsp3) is 0.600. The minimum atomic E-state index is -0.788. The first-order valence-corrected chi connectivity index (χ1v) is 8.28. The molecule has 21 heavy (non-hydrogen) atoms. The van der Waals surface area contributed by atoms with Crippen molar-refractivity contribution in [1.29, 1.82) is 0 Å². The number of nitrogens with one attached hydrogen (secondary N) is 2. The normalized spacial score (nSPS) is 17.8. The zero-order valence-electron chi connectivity index (χ0n) is 12.1. The van der Waals surface area contributed by atoms with E-state index in [2.05, 4.69) is 10.6 Å². The summed E-state index contributed by atoms with van der Waals surface area (Å²) in [6.07, 6.45) is 5.76. The molecule has 1 heterocycles. The van der Waals surface area contributed by atoms with E-state index in [1.54, 1.807) is 12.1 Å². The van der Waals surface area contributed by atoms with Crippen molar-refractivity contribution in [2.75, 3.05) is 13.1 Å². The molecule has 1 saturated carbocycles. The standard InChI is InChI=1S/C15H22N2O3S/c18-13(10-16-14(19)12-6-5-9-21-12)17-11-15(20)7-3-1-2-4-8-15/h5-6,9,20H,1-4,7-8,10-11H2,(H,16,19)(H,17,18). The molecule has 1 fully saturated rings. The Hall–Kier alpha value is -1.40. The second-order valence-corrected chi connectivity index (χ2v) is 6.52. The number of aliphatic hydroxyl groups is 1. The summed E-state index contributed by atoms with van der Waals surface area (Å²) in [5, 5.41) is 17.5. The predicted molar refractivity (Wildman–Crippen MR) is 82.3 cm³/mol. The van der Waals surface area contributed by atoms with Gasteiger partial charge in [-0.3, -0.25) is 9.59 Å². The minimum Gasteiger partial charge on any atom is -0.388 e. The van der Waals surface area contributed by atoms with Crippen LogP contribution >= 0.6 is 11.3 Å². The maximum atomic E-state index is 11.8. The summed E-state index contributed by atoms with van der Waals surface area (Å²) >= 11 is 1.34. The molecule has 0 atom stereocenters. The first kappa shape index (κ1) is 16.0. The summed E-state index contributed by atoms with van der Waals surface area (Å²) in [6.45, 7) is 0.202. The number of rotatable bonds is 5. The van der Waals surface area contributed by atoms with Crippen LogP contribution < -0.4 is 10.6 Å². The van der Waals surface area contributed by atoms with Gasteiger partial charge in [0.15, 0.2) is 0 Å². The summed E-state index contributed by atoms with van der Waals surface area (Å²) < 4.78 is 0. The highest BCUT2D eigenvalue weighted by atomic mass is 32.1. The molecule has 1 aromatic rings. The molecule has 1 aliphatic carbocycles. The van der Waals surface area contributed by atoms with Crippen molar-refractivity contribution >= 4 is 23.2 Å². The lowest BCUT2D eigenvalue weighted by molar-refractivity contribution is -0.121. The summed E-state index contributed by atoms with van der Waals surface area (Å²) in [5.74, 6) is -0.508. The highest BCUT2D eigenvalue weighted by Gasteiger charge is 2.28. The Morgan fingerprint density at radius 2 is 1.90 bits per heavy atom. The first-order chi connectivity index (χ1) is 10.1. The maximum absolute atomic E-state index is 11.8. The Kier molecular flexibility index (Phi) is 5.76. The van der Waals surface area contributed by atoms with Gasteiger partial charge >= 0.3 is 0 Å². The second kappa shape index (κ2) is 7.56. The quantitative estimate of drug-likeness (QED) is 0.724. The highest BCUT2D eigenvalue weighted by Crippen LogP contribution is 2.26. The average molecular weight is 310 g/mol. The van der Waals surface area contributed by atoms with E-state index in [1.807, 2.05) is 5.38 Å². The Balaban J connectivity index is 1.70. The molecule has 0 spiro atoms. The summed E-state index contributed by atoms with van der Waals surface area (Å²) in [4.78, 5) is 24.0. The van der Waals surface area contributed by atoms with Gasteiger partial charge in [-0.25, -0.2) is 0 Å². The SMILES string of the molecule is O=C(CNC(=O)c1cccs1)NCC1(O)CCCCCC1. The molecule has 0 saturated heterocycles. The summed E-state index contributed by atoms with van der Waals surface area (Å²) in [6, 6.07) is 3.51. The zero-order chi connectivity index (χ0) is 15.1. The van der Waals surface area contributed by atoms with Crippen molar-refractivity contribution in [3.05, 3.63) is 22.4 Å². The van der Waals surface area contributed by atoms with Crippen LogP contribution in [0.25, 0.3) is 0 Å². The molecule has 1 aromatic heterocycles. The fourth-order valence-corrected chi connectivity index (χ4v) is 3.18. The van der Waals surface area contributed by atoms with E-state index < -0.39 is 5.60 Å². The summed E-state index contributed by atoms with van der Waals surface area (Å²) in [7, 11) is 0. The van der Waals surface area contributed by atoms with Crippen LogP contribution in [0.4, 0.5) is 0 Å². The van der Waals surface area contributed by atoms with E-state index in [0.717, 1.165) is 38.5 Å². The van der Waals surface area contributed by atoms with Gasteiger partial charge in [-0.2, -0.15) is 0 Å². The second-order valence-electron chi connectivity index (χ2n) is 5.58. The number of amides is 2. The third-order valence-electron chi connectivity index (χ3n) is 3.80. The lowest BCUT2D eigenvalue weighted by Crippen LogP contribution is -2.45. The van der Waals surface area contributed by atoms with Gasteiger partial charge < -0.3 is 15.7 Å². The Labute approximate surface area is 128 Å². The van der Waals surface area contributed by atoms with E-state index in [9.17, 15) is 14.7 Å². The third-order valence-corrected chi connectivity index (χ3v) is 4.67. The van der Waals surface area contributed by atoms with Crippen LogP contribution in [0.15, 0.2) is 17.5 Å². The van der Waals surface area contributed by atoms with Crippen LogP contribution in [0.3, 0.4) is 0 Å². The summed E-state index contributed by atoms with van der Waals surface area (Å²) in [5.41, 5.74) is -0.788. The number of hydrogen-bond acceptors (Lipinski definition) is 4. The molecule has 2 amide bonds. The fourth-order valence-electron chi connectivity index (χ4n) is 2.54. The van der Waals surface area contributed by atoms with E-state index in [-0.39, 0.29) is 24.9 Å². The Morgan fingerprint density at radius 3 is 2.52 bits per heavy atom. The molecule has 3 N–H and O–H groups in total. The average Bonchev–Trinajstić information content (AvgIpc) is 2.92. The Bertz CT molecular complexity index is 465. The van der Waals surface area contributed by atoms with Crippen molar-refractivity contribution in [1.82, 2.24) is 10.6 Å². The van der Waals surface area contributed by atoms with Crippen molar-refractivity contribution in [3.63, 3.8) is 0 Å².